The lowest BCUT2D eigenvalue weighted by atomic mass is 10.1. The van der Waals surface area contributed by atoms with Gasteiger partial charge in [0, 0.05) is 5.56 Å². The van der Waals surface area contributed by atoms with Crippen LogP contribution in [-0.2, 0) is 22.6 Å². The molecule has 0 unspecified atom stereocenters. The molecule has 152 valence electrons. The first-order valence-corrected chi connectivity index (χ1v) is 8.57. The number of ether oxygens (including phenoxy) is 4. The van der Waals surface area contributed by atoms with Gasteiger partial charge in [0.05, 0.1) is 27.8 Å². The van der Waals surface area contributed by atoms with Gasteiger partial charge in [0.2, 0.25) is 11.6 Å². The predicted octanol–water partition coefficient (Wildman–Crippen LogP) is 3.19. The Balaban J connectivity index is 1.67. The van der Waals surface area contributed by atoms with Crippen LogP contribution >= 0.6 is 0 Å². The highest BCUT2D eigenvalue weighted by molar-refractivity contribution is 5.72. The third kappa shape index (κ3) is 4.81. The summed E-state index contributed by atoms with van der Waals surface area (Å²) in [5, 5.41) is 7.84. The van der Waals surface area contributed by atoms with Crippen molar-refractivity contribution in [3.63, 3.8) is 0 Å². The molecule has 3 aromatic rings. The second kappa shape index (κ2) is 9.05. The predicted molar refractivity (Wildman–Crippen MR) is 99.3 cm³/mol. The zero-order chi connectivity index (χ0) is 20.8. The van der Waals surface area contributed by atoms with Crippen molar-refractivity contribution in [2.75, 3.05) is 21.3 Å². The fourth-order valence-corrected chi connectivity index (χ4v) is 2.60. The standard InChI is InChI=1S/C20H19FN2O6/c1-25-15-9-13(10-16(26-2)19(15)27-3)20-23-22-17(29-20)11-28-18(24)8-12-4-6-14(21)7-5-12/h4-7,9-10H,8,11H2,1-3H3. The summed E-state index contributed by atoms with van der Waals surface area (Å²) >= 11 is 0. The number of rotatable bonds is 8. The maximum absolute atomic E-state index is 12.9. The van der Waals surface area contributed by atoms with E-state index in [4.69, 9.17) is 23.4 Å². The van der Waals surface area contributed by atoms with Gasteiger partial charge in [0.15, 0.2) is 18.1 Å². The van der Waals surface area contributed by atoms with Crippen LogP contribution < -0.4 is 14.2 Å². The Morgan fingerprint density at radius 3 is 2.24 bits per heavy atom. The van der Waals surface area contributed by atoms with E-state index in [9.17, 15) is 9.18 Å². The lowest BCUT2D eigenvalue weighted by molar-refractivity contribution is -0.144. The van der Waals surface area contributed by atoms with Crippen LogP contribution in [0, 0.1) is 5.82 Å². The normalized spacial score (nSPS) is 10.5. The van der Waals surface area contributed by atoms with Crippen LogP contribution in [0.25, 0.3) is 11.5 Å². The lowest BCUT2D eigenvalue weighted by Gasteiger charge is -2.12. The monoisotopic (exact) mass is 402 g/mol. The van der Waals surface area contributed by atoms with Gasteiger partial charge >= 0.3 is 5.97 Å². The molecule has 0 bridgehead atoms. The second-order valence-electron chi connectivity index (χ2n) is 5.88. The average molecular weight is 402 g/mol. The minimum absolute atomic E-state index is 0.00809. The van der Waals surface area contributed by atoms with E-state index in [0.29, 0.717) is 28.4 Å². The summed E-state index contributed by atoms with van der Waals surface area (Å²) in [7, 11) is 4.51. The van der Waals surface area contributed by atoms with Crippen molar-refractivity contribution in [2.45, 2.75) is 13.0 Å². The Kier molecular flexibility index (Phi) is 6.28. The van der Waals surface area contributed by atoms with E-state index in [1.807, 2.05) is 0 Å². The SMILES string of the molecule is COc1cc(-c2nnc(COC(=O)Cc3ccc(F)cc3)o2)cc(OC)c1OC. The maximum atomic E-state index is 12.9. The third-order valence-corrected chi connectivity index (χ3v) is 4.00. The fourth-order valence-electron chi connectivity index (χ4n) is 2.60. The first-order chi connectivity index (χ1) is 14.0. The van der Waals surface area contributed by atoms with Crippen molar-refractivity contribution in [1.82, 2.24) is 10.2 Å². The average Bonchev–Trinajstić information content (AvgIpc) is 3.22. The summed E-state index contributed by atoms with van der Waals surface area (Å²) in [4.78, 5) is 11.9. The number of benzene rings is 2. The number of halogens is 1. The molecule has 3 rings (SSSR count). The number of nitrogens with zero attached hydrogens (tertiary/aromatic N) is 2. The van der Waals surface area contributed by atoms with E-state index in [1.54, 1.807) is 12.1 Å². The molecule has 1 heterocycles. The van der Waals surface area contributed by atoms with Gasteiger partial charge in [-0.2, -0.15) is 0 Å². The molecule has 8 nitrogen and oxygen atoms in total. The molecule has 0 saturated carbocycles. The molecule has 0 N–H and O–H groups in total. The van der Waals surface area contributed by atoms with Crippen LogP contribution in [0.5, 0.6) is 17.2 Å². The highest BCUT2D eigenvalue weighted by Gasteiger charge is 2.18. The molecule has 0 aliphatic rings. The molecule has 29 heavy (non-hydrogen) atoms. The van der Waals surface area contributed by atoms with Gasteiger partial charge in [0.1, 0.15) is 5.82 Å². The van der Waals surface area contributed by atoms with Crippen LogP contribution in [-0.4, -0.2) is 37.5 Å². The summed E-state index contributed by atoms with van der Waals surface area (Å²) < 4.78 is 39.5. The van der Waals surface area contributed by atoms with Crippen LogP contribution in [0.15, 0.2) is 40.8 Å². The van der Waals surface area contributed by atoms with Crippen molar-refractivity contribution < 1.29 is 32.5 Å². The van der Waals surface area contributed by atoms with Crippen molar-refractivity contribution in [1.29, 1.82) is 0 Å². The Hall–Kier alpha value is -3.62. The fraction of sp³-hybridized carbons (Fsp3) is 0.250. The number of hydrogen-bond acceptors (Lipinski definition) is 8. The minimum Gasteiger partial charge on any atom is -0.493 e. The van der Waals surface area contributed by atoms with Crippen molar-refractivity contribution in [3.8, 4) is 28.7 Å². The van der Waals surface area contributed by atoms with Crippen molar-refractivity contribution in [3.05, 3.63) is 53.7 Å². The Morgan fingerprint density at radius 1 is 1.00 bits per heavy atom. The topological polar surface area (TPSA) is 92.9 Å². The van der Waals surface area contributed by atoms with Crippen molar-refractivity contribution >= 4 is 5.97 Å². The van der Waals surface area contributed by atoms with Gasteiger partial charge in [-0.3, -0.25) is 4.79 Å². The number of methoxy groups -OCH3 is 3. The summed E-state index contributed by atoms with van der Waals surface area (Å²) in [5.74, 6) is 0.777. The molecular weight excluding hydrogens is 383 g/mol. The summed E-state index contributed by atoms with van der Waals surface area (Å²) in [6, 6.07) is 8.94. The highest BCUT2D eigenvalue weighted by atomic mass is 19.1. The number of esters is 1. The lowest BCUT2D eigenvalue weighted by Crippen LogP contribution is -2.08. The largest absolute Gasteiger partial charge is 0.493 e. The van der Waals surface area contributed by atoms with Crippen LogP contribution in [0.2, 0.25) is 0 Å². The molecule has 0 aliphatic heterocycles. The molecule has 1 aromatic heterocycles. The zero-order valence-corrected chi connectivity index (χ0v) is 16.1. The summed E-state index contributed by atoms with van der Waals surface area (Å²) in [6.07, 6.45) is 0.00809. The van der Waals surface area contributed by atoms with E-state index >= 15 is 0 Å². The van der Waals surface area contributed by atoms with Crippen LogP contribution in [0.4, 0.5) is 4.39 Å². The number of hydrogen-bond donors (Lipinski definition) is 0. The Morgan fingerprint density at radius 2 is 1.66 bits per heavy atom. The van der Waals surface area contributed by atoms with Gasteiger partial charge in [-0.25, -0.2) is 4.39 Å². The van der Waals surface area contributed by atoms with Gasteiger partial charge in [-0.1, -0.05) is 12.1 Å². The summed E-state index contributed by atoms with van der Waals surface area (Å²) in [5.41, 5.74) is 1.19. The summed E-state index contributed by atoms with van der Waals surface area (Å²) in [6.45, 7) is -0.183. The maximum Gasteiger partial charge on any atom is 0.310 e. The molecule has 0 fully saturated rings. The molecular formula is C20H19FN2O6. The van der Waals surface area contributed by atoms with E-state index in [0.717, 1.165) is 0 Å². The zero-order valence-electron chi connectivity index (χ0n) is 16.1. The Labute approximate surface area is 166 Å². The molecule has 0 radical (unpaired) electrons. The first-order valence-electron chi connectivity index (χ1n) is 8.57. The van der Waals surface area contributed by atoms with Crippen LogP contribution in [0.1, 0.15) is 11.5 Å². The molecule has 0 spiro atoms. The van der Waals surface area contributed by atoms with Crippen LogP contribution in [0.3, 0.4) is 0 Å². The van der Waals surface area contributed by atoms with Gasteiger partial charge in [-0.15, -0.1) is 10.2 Å². The van der Waals surface area contributed by atoms with E-state index in [2.05, 4.69) is 10.2 Å². The molecule has 9 heteroatoms. The van der Waals surface area contributed by atoms with Gasteiger partial charge < -0.3 is 23.4 Å². The van der Waals surface area contributed by atoms with Gasteiger partial charge in [0.25, 0.3) is 5.89 Å². The molecule has 0 aliphatic carbocycles. The van der Waals surface area contributed by atoms with Crippen molar-refractivity contribution in [2.24, 2.45) is 0 Å². The minimum atomic E-state index is -0.496. The number of carbonyl (C=O) groups is 1. The Bertz CT molecular complexity index is 962. The van der Waals surface area contributed by atoms with Gasteiger partial charge in [-0.05, 0) is 29.8 Å². The molecule has 0 atom stereocenters. The molecule has 2 aromatic carbocycles. The quantitative estimate of drug-likeness (QED) is 0.531. The number of aromatic nitrogens is 2. The molecule has 0 amide bonds. The highest BCUT2D eigenvalue weighted by Crippen LogP contribution is 2.40. The van der Waals surface area contributed by atoms with E-state index in [1.165, 1.54) is 45.6 Å². The third-order valence-electron chi connectivity index (χ3n) is 4.00. The first kappa shape index (κ1) is 20.1. The number of carbonyl (C=O) groups excluding carboxylic acids is 1. The smallest absolute Gasteiger partial charge is 0.310 e. The van der Waals surface area contributed by atoms with E-state index < -0.39 is 5.97 Å². The van der Waals surface area contributed by atoms with E-state index in [-0.39, 0.29) is 30.6 Å². The molecule has 0 saturated heterocycles. The second-order valence-corrected chi connectivity index (χ2v) is 5.88.